The van der Waals surface area contributed by atoms with Gasteiger partial charge in [-0.05, 0) is 37.1 Å². The summed E-state index contributed by atoms with van der Waals surface area (Å²) >= 11 is 5.91. The Morgan fingerprint density at radius 1 is 1.48 bits per heavy atom. The highest BCUT2D eigenvalue weighted by Crippen LogP contribution is 2.25. The fourth-order valence-corrected chi connectivity index (χ4v) is 3.75. The number of hydrogen-bond donors (Lipinski definition) is 3. The average Bonchev–Trinajstić information content (AvgIpc) is 2.94. The maximum atomic E-state index is 12.5. The van der Waals surface area contributed by atoms with E-state index in [-0.39, 0.29) is 16.5 Å². The Morgan fingerprint density at radius 3 is 2.76 bits per heavy atom. The number of aromatic nitrogens is 3. The van der Waals surface area contributed by atoms with Crippen molar-refractivity contribution >= 4 is 21.6 Å². The summed E-state index contributed by atoms with van der Waals surface area (Å²) < 4.78 is 27.4. The molecular weight excluding hydrogens is 316 g/mol. The van der Waals surface area contributed by atoms with Gasteiger partial charge in [0, 0.05) is 5.02 Å². The van der Waals surface area contributed by atoms with E-state index in [4.69, 9.17) is 11.6 Å². The Morgan fingerprint density at radius 2 is 2.19 bits per heavy atom. The van der Waals surface area contributed by atoms with Gasteiger partial charge in [-0.1, -0.05) is 11.6 Å². The first-order chi connectivity index (χ1) is 9.85. The van der Waals surface area contributed by atoms with Crippen LogP contribution in [0.1, 0.15) is 29.9 Å². The van der Waals surface area contributed by atoms with E-state index in [9.17, 15) is 13.5 Å². The van der Waals surface area contributed by atoms with Crippen molar-refractivity contribution < 1.29 is 13.5 Å². The molecule has 114 valence electrons. The van der Waals surface area contributed by atoms with Crippen LogP contribution < -0.4 is 4.72 Å². The number of aliphatic hydroxyl groups excluding tert-OH is 1. The minimum Gasteiger partial charge on any atom is -0.392 e. The number of sulfonamides is 1. The van der Waals surface area contributed by atoms with E-state index < -0.39 is 16.1 Å². The van der Waals surface area contributed by atoms with Crippen LogP contribution in [0, 0.1) is 6.92 Å². The molecule has 9 heteroatoms. The van der Waals surface area contributed by atoms with Gasteiger partial charge in [-0.15, -0.1) is 0 Å². The second-order valence-electron chi connectivity index (χ2n) is 4.56. The molecule has 0 aliphatic heterocycles. The molecule has 0 aliphatic carbocycles. The maximum Gasteiger partial charge on any atom is 0.241 e. The zero-order valence-electron chi connectivity index (χ0n) is 11.5. The van der Waals surface area contributed by atoms with Crippen LogP contribution in [-0.4, -0.2) is 28.7 Å². The lowest BCUT2D eigenvalue weighted by Crippen LogP contribution is -2.28. The van der Waals surface area contributed by atoms with Crippen LogP contribution in [0.4, 0.5) is 0 Å². The predicted molar refractivity (Wildman–Crippen MR) is 77.2 cm³/mol. The van der Waals surface area contributed by atoms with Crippen molar-refractivity contribution in [2.45, 2.75) is 31.4 Å². The van der Waals surface area contributed by atoms with E-state index in [1.54, 1.807) is 13.8 Å². The van der Waals surface area contributed by atoms with Crippen LogP contribution in [0.5, 0.6) is 0 Å². The molecule has 1 atom stereocenters. The number of aromatic amines is 1. The lowest BCUT2D eigenvalue weighted by Gasteiger charge is -2.15. The highest BCUT2D eigenvalue weighted by Gasteiger charge is 2.23. The monoisotopic (exact) mass is 330 g/mol. The van der Waals surface area contributed by atoms with Crippen LogP contribution in [0.15, 0.2) is 23.4 Å². The van der Waals surface area contributed by atoms with E-state index in [2.05, 4.69) is 19.9 Å². The van der Waals surface area contributed by atoms with Crippen molar-refractivity contribution in [1.29, 1.82) is 0 Å². The van der Waals surface area contributed by atoms with Crippen molar-refractivity contribution in [2.24, 2.45) is 0 Å². The summed E-state index contributed by atoms with van der Waals surface area (Å²) in [7, 11) is -3.80. The second kappa shape index (κ2) is 6.10. The first-order valence-corrected chi connectivity index (χ1v) is 7.98. The van der Waals surface area contributed by atoms with Crippen molar-refractivity contribution in [3.05, 3.63) is 40.4 Å². The van der Waals surface area contributed by atoms with Crippen LogP contribution in [0.25, 0.3) is 0 Å². The Balaban J connectivity index is 2.38. The van der Waals surface area contributed by atoms with E-state index in [1.807, 2.05) is 0 Å². The van der Waals surface area contributed by atoms with Gasteiger partial charge in [0.15, 0.2) is 0 Å². The van der Waals surface area contributed by atoms with Crippen LogP contribution in [0.3, 0.4) is 0 Å². The van der Waals surface area contributed by atoms with Crippen molar-refractivity contribution in [3.8, 4) is 0 Å². The standard InChI is InChI=1S/C12H15ClN4O3S/c1-7-9(5-18)3-10(13)4-11(7)21(19,20)17-8(2)12-14-6-15-16-12/h3-4,6,8,17-18H,5H2,1-2H3,(H,14,15,16). The molecule has 0 spiro atoms. The Bertz CT molecular complexity index is 731. The molecule has 0 amide bonds. The van der Waals surface area contributed by atoms with Gasteiger partial charge in [0.1, 0.15) is 12.2 Å². The van der Waals surface area contributed by atoms with Gasteiger partial charge in [-0.25, -0.2) is 18.1 Å². The third kappa shape index (κ3) is 3.41. The fraction of sp³-hybridized carbons (Fsp3) is 0.333. The van der Waals surface area contributed by atoms with E-state index in [0.29, 0.717) is 17.0 Å². The zero-order chi connectivity index (χ0) is 15.6. The first-order valence-electron chi connectivity index (χ1n) is 6.12. The van der Waals surface area contributed by atoms with Crippen LogP contribution in [-0.2, 0) is 16.6 Å². The minimum absolute atomic E-state index is 0.0328. The lowest BCUT2D eigenvalue weighted by atomic mass is 10.1. The molecule has 1 aromatic carbocycles. The predicted octanol–water partition coefficient (Wildman–Crippen LogP) is 1.30. The SMILES string of the molecule is Cc1c(CO)cc(Cl)cc1S(=O)(=O)NC(C)c1ncn[nH]1. The van der Waals surface area contributed by atoms with E-state index in [0.717, 1.165) is 0 Å². The van der Waals surface area contributed by atoms with Gasteiger partial charge in [0.05, 0.1) is 17.5 Å². The van der Waals surface area contributed by atoms with Crippen LogP contribution in [0.2, 0.25) is 5.02 Å². The number of H-pyrrole nitrogens is 1. The third-order valence-electron chi connectivity index (χ3n) is 3.07. The Labute approximate surface area is 127 Å². The molecular formula is C12H15ClN4O3S. The number of halogens is 1. The van der Waals surface area contributed by atoms with Gasteiger partial charge in [-0.3, -0.25) is 5.10 Å². The number of benzene rings is 1. The van der Waals surface area contributed by atoms with Gasteiger partial charge in [-0.2, -0.15) is 5.10 Å². The fourth-order valence-electron chi connectivity index (χ4n) is 1.93. The Kier molecular flexibility index (Phi) is 4.62. The second-order valence-corrected chi connectivity index (χ2v) is 6.68. The quantitative estimate of drug-likeness (QED) is 0.765. The first kappa shape index (κ1) is 15.9. The molecule has 0 saturated carbocycles. The molecule has 3 N–H and O–H groups in total. The molecule has 1 aromatic heterocycles. The summed E-state index contributed by atoms with van der Waals surface area (Å²) in [6, 6.07) is 2.31. The molecule has 1 unspecified atom stereocenters. The number of aliphatic hydroxyl groups is 1. The summed E-state index contributed by atoms with van der Waals surface area (Å²) in [5, 5.41) is 15.8. The zero-order valence-corrected chi connectivity index (χ0v) is 13.0. The summed E-state index contributed by atoms with van der Waals surface area (Å²) in [5.41, 5.74) is 0.925. The van der Waals surface area contributed by atoms with Gasteiger partial charge in [0.2, 0.25) is 10.0 Å². The summed E-state index contributed by atoms with van der Waals surface area (Å²) in [5.74, 6) is 0.403. The average molecular weight is 331 g/mol. The number of nitrogens with one attached hydrogen (secondary N) is 2. The van der Waals surface area contributed by atoms with Gasteiger partial charge >= 0.3 is 0 Å². The number of hydrogen-bond acceptors (Lipinski definition) is 5. The molecule has 0 bridgehead atoms. The largest absolute Gasteiger partial charge is 0.392 e. The molecule has 2 rings (SSSR count). The molecule has 0 aliphatic rings. The topological polar surface area (TPSA) is 108 Å². The van der Waals surface area contributed by atoms with Crippen molar-refractivity contribution in [3.63, 3.8) is 0 Å². The molecule has 2 aromatic rings. The highest BCUT2D eigenvalue weighted by atomic mass is 35.5. The summed E-state index contributed by atoms with van der Waals surface area (Å²) in [4.78, 5) is 3.94. The molecule has 0 radical (unpaired) electrons. The summed E-state index contributed by atoms with van der Waals surface area (Å²) in [6.07, 6.45) is 1.30. The summed E-state index contributed by atoms with van der Waals surface area (Å²) in [6.45, 7) is 2.98. The molecule has 1 heterocycles. The third-order valence-corrected chi connectivity index (χ3v) is 4.95. The van der Waals surface area contributed by atoms with Crippen LogP contribution >= 0.6 is 11.6 Å². The molecule has 7 nitrogen and oxygen atoms in total. The molecule has 0 saturated heterocycles. The molecule has 21 heavy (non-hydrogen) atoms. The maximum absolute atomic E-state index is 12.5. The van der Waals surface area contributed by atoms with Gasteiger partial charge < -0.3 is 5.11 Å². The smallest absolute Gasteiger partial charge is 0.241 e. The number of rotatable bonds is 5. The van der Waals surface area contributed by atoms with Gasteiger partial charge in [0.25, 0.3) is 0 Å². The number of nitrogens with zero attached hydrogens (tertiary/aromatic N) is 2. The highest BCUT2D eigenvalue weighted by molar-refractivity contribution is 7.89. The van der Waals surface area contributed by atoms with Crippen molar-refractivity contribution in [1.82, 2.24) is 19.9 Å². The minimum atomic E-state index is -3.80. The van der Waals surface area contributed by atoms with E-state index >= 15 is 0 Å². The normalized spacial score (nSPS) is 13.3. The van der Waals surface area contributed by atoms with Crippen molar-refractivity contribution in [2.75, 3.05) is 0 Å². The van der Waals surface area contributed by atoms with E-state index in [1.165, 1.54) is 18.5 Å². The Hall–Kier alpha value is -1.48. The molecule has 0 fully saturated rings. The lowest BCUT2D eigenvalue weighted by molar-refractivity contribution is 0.280.